The second kappa shape index (κ2) is 9.82. The number of benzene rings is 2. The topological polar surface area (TPSA) is 52.7 Å². The molecule has 148 valence electrons. The Balaban J connectivity index is 1.48. The van der Waals surface area contributed by atoms with Crippen LogP contribution < -0.4 is 5.32 Å². The van der Waals surface area contributed by atoms with Crippen molar-refractivity contribution in [1.29, 1.82) is 0 Å². The quantitative estimate of drug-likeness (QED) is 0.753. The molecule has 1 fully saturated rings. The van der Waals surface area contributed by atoms with E-state index in [2.05, 4.69) is 27.2 Å². The molecule has 0 aliphatic carbocycles. The fraction of sp³-hybridized carbons (Fsp3) is 0.364. The molecular weight excluding hydrogens is 374 g/mol. The van der Waals surface area contributed by atoms with E-state index in [1.807, 2.05) is 12.1 Å². The Bertz CT molecular complexity index is 823. The molecule has 1 heterocycles. The van der Waals surface area contributed by atoms with Gasteiger partial charge in [-0.2, -0.15) is 0 Å². The smallest absolute Gasteiger partial charge is 0.238 e. The summed E-state index contributed by atoms with van der Waals surface area (Å²) >= 11 is 5.96. The van der Waals surface area contributed by atoms with Gasteiger partial charge in [0.05, 0.1) is 6.54 Å². The van der Waals surface area contributed by atoms with Gasteiger partial charge in [-0.15, -0.1) is 0 Å². The fourth-order valence-electron chi connectivity index (χ4n) is 3.41. The predicted octanol–water partition coefficient (Wildman–Crippen LogP) is 3.69. The SMILES string of the molecule is CC(=O)c1cccc(NC(=O)CN2CCCN(Cc3ccc(Cl)cc3)CC2)c1. The number of hydrogen-bond acceptors (Lipinski definition) is 4. The van der Waals surface area contributed by atoms with E-state index < -0.39 is 0 Å². The predicted molar refractivity (Wildman–Crippen MR) is 113 cm³/mol. The highest BCUT2D eigenvalue weighted by molar-refractivity contribution is 6.30. The zero-order valence-electron chi connectivity index (χ0n) is 16.2. The molecule has 1 aliphatic heterocycles. The zero-order valence-corrected chi connectivity index (χ0v) is 16.9. The van der Waals surface area contributed by atoms with Crippen LogP contribution in [0.4, 0.5) is 5.69 Å². The largest absolute Gasteiger partial charge is 0.325 e. The number of nitrogens with one attached hydrogen (secondary N) is 1. The van der Waals surface area contributed by atoms with Crippen LogP contribution in [0.1, 0.15) is 29.3 Å². The average molecular weight is 400 g/mol. The number of hydrogen-bond donors (Lipinski definition) is 1. The number of carbonyl (C=O) groups is 2. The Morgan fingerprint density at radius 2 is 1.71 bits per heavy atom. The van der Waals surface area contributed by atoms with Gasteiger partial charge >= 0.3 is 0 Å². The minimum Gasteiger partial charge on any atom is -0.325 e. The first-order valence-electron chi connectivity index (χ1n) is 9.59. The molecule has 0 bridgehead atoms. The molecule has 1 amide bonds. The molecule has 1 N–H and O–H groups in total. The first-order chi connectivity index (χ1) is 13.5. The van der Waals surface area contributed by atoms with Crippen LogP contribution in [0.3, 0.4) is 0 Å². The minimum atomic E-state index is -0.0492. The van der Waals surface area contributed by atoms with E-state index in [-0.39, 0.29) is 11.7 Å². The van der Waals surface area contributed by atoms with E-state index >= 15 is 0 Å². The zero-order chi connectivity index (χ0) is 19.9. The van der Waals surface area contributed by atoms with Crippen molar-refractivity contribution in [3.8, 4) is 0 Å². The lowest BCUT2D eigenvalue weighted by molar-refractivity contribution is -0.117. The first-order valence-corrected chi connectivity index (χ1v) is 9.97. The van der Waals surface area contributed by atoms with Gasteiger partial charge in [-0.3, -0.25) is 19.4 Å². The van der Waals surface area contributed by atoms with Gasteiger partial charge in [-0.05, 0) is 56.3 Å². The molecule has 0 saturated carbocycles. The van der Waals surface area contributed by atoms with E-state index in [0.717, 1.165) is 44.2 Å². The van der Waals surface area contributed by atoms with Crippen LogP contribution in [0.2, 0.25) is 5.02 Å². The van der Waals surface area contributed by atoms with Crippen molar-refractivity contribution in [2.24, 2.45) is 0 Å². The number of Topliss-reactive ketones (excluding diaryl/α,β-unsaturated/α-hetero) is 1. The maximum Gasteiger partial charge on any atom is 0.238 e. The average Bonchev–Trinajstić information content (AvgIpc) is 2.89. The van der Waals surface area contributed by atoms with Crippen LogP contribution in [0.15, 0.2) is 48.5 Å². The molecule has 2 aromatic carbocycles. The Morgan fingerprint density at radius 1 is 1.00 bits per heavy atom. The minimum absolute atomic E-state index is 0.00982. The number of amides is 1. The standard InChI is InChI=1S/C22H26ClN3O2/c1-17(27)19-4-2-5-21(14-19)24-22(28)16-26-11-3-10-25(12-13-26)15-18-6-8-20(23)9-7-18/h2,4-9,14H,3,10-13,15-16H2,1H3,(H,24,28). The molecule has 28 heavy (non-hydrogen) atoms. The van der Waals surface area contributed by atoms with E-state index in [1.54, 1.807) is 24.3 Å². The molecule has 1 aliphatic rings. The molecule has 0 unspecified atom stereocenters. The van der Waals surface area contributed by atoms with Crippen molar-refractivity contribution >= 4 is 29.0 Å². The molecule has 0 atom stereocenters. The summed E-state index contributed by atoms with van der Waals surface area (Å²) in [6, 6.07) is 15.0. The van der Waals surface area contributed by atoms with Crippen molar-refractivity contribution in [3.63, 3.8) is 0 Å². The molecule has 0 aromatic heterocycles. The summed E-state index contributed by atoms with van der Waals surface area (Å²) in [7, 11) is 0. The summed E-state index contributed by atoms with van der Waals surface area (Å²) in [5, 5.41) is 3.66. The highest BCUT2D eigenvalue weighted by atomic mass is 35.5. The number of carbonyl (C=O) groups excluding carboxylic acids is 2. The number of halogens is 1. The highest BCUT2D eigenvalue weighted by Crippen LogP contribution is 2.14. The van der Waals surface area contributed by atoms with Crippen LogP contribution in [0.25, 0.3) is 0 Å². The van der Waals surface area contributed by atoms with Crippen molar-refractivity contribution in [3.05, 3.63) is 64.7 Å². The number of ketones is 1. The van der Waals surface area contributed by atoms with Gasteiger partial charge in [0.1, 0.15) is 0 Å². The van der Waals surface area contributed by atoms with Crippen LogP contribution in [0.5, 0.6) is 0 Å². The van der Waals surface area contributed by atoms with Crippen LogP contribution in [-0.4, -0.2) is 54.2 Å². The van der Waals surface area contributed by atoms with Crippen LogP contribution in [0, 0.1) is 0 Å². The Hall–Kier alpha value is -2.21. The molecular formula is C22H26ClN3O2. The second-order valence-corrected chi connectivity index (χ2v) is 7.65. The van der Waals surface area contributed by atoms with Crippen molar-refractivity contribution in [1.82, 2.24) is 9.80 Å². The van der Waals surface area contributed by atoms with Crippen LogP contribution in [-0.2, 0) is 11.3 Å². The maximum absolute atomic E-state index is 12.4. The molecule has 0 radical (unpaired) electrons. The molecule has 0 spiro atoms. The Kier molecular flexibility index (Phi) is 7.20. The number of rotatable bonds is 6. The van der Waals surface area contributed by atoms with E-state index in [0.29, 0.717) is 17.8 Å². The van der Waals surface area contributed by atoms with Crippen LogP contribution >= 0.6 is 11.6 Å². The number of nitrogens with zero attached hydrogens (tertiary/aromatic N) is 2. The monoisotopic (exact) mass is 399 g/mol. The Labute approximate surface area is 171 Å². The second-order valence-electron chi connectivity index (χ2n) is 7.22. The summed E-state index contributed by atoms with van der Waals surface area (Å²) in [5.41, 5.74) is 2.52. The summed E-state index contributed by atoms with van der Waals surface area (Å²) < 4.78 is 0. The lowest BCUT2D eigenvalue weighted by Crippen LogP contribution is -2.36. The van der Waals surface area contributed by atoms with Gasteiger partial charge in [-0.1, -0.05) is 35.9 Å². The van der Waals surface area contributed by atoms with Gasteiger partial charge in [-0.25, -0.2) is 0 Å². The third-order valence-corrected chi connectivity index (χ3v) is 5.17. The molecule has 5 nitrogen and oxygen atoms in total. The summed E-state index contributed by atoms with van der Waals surface area (Å²) in [6.45, 7) is 6.48. The normalized spacial score (nSPS) is 15.8. The lowest BCUT2D eigenvalue weighted by atomic mass is 10.1. The third kappa shape index (κ3) is 6.16. The van der Waals surface area contributed by atoms with Gasteiger partial charge in [0.15, 0.2) is 5.78 Å². The fourth-order valence-corrected chi connectivity index (χ4v) is 3.53. The first kappa shape index (κ1) is 20.5. The van der Waals surface area contributed by atoms with Crippen molar-refractivity contribution in [2.45, 2.75) is 19.9 Å². The summed E-state index contributed by atoms with van der Waals surface area (Å²) in [5.74, 6) is -0.0590. The van der Waals surface area contributed by atoms with Crippen molar-refractivity contribution < 1.29 is 9.59 Å². The van der Waals surface area contributed by atoms with Gasteiger partial charge in [0.2, 0.25) is 5.91 Å². The lowest BCUT2D eigenvalue weighted by Gasteiger charge is -2.21. The maximum atomic E-state index is 12.4. The van der Waals surface area contributed by atoms with Crippen molar-refractivity contribution in [2.75, 3.05) is 38.0 Å². The van der Waals surface area contributed by atoms with E-state index in [4.69, 9.17) is 11.6 Å². The number of anilines is 1. The third-order valence-electron chi connectivity index (χ3n) is 4.92. The molecule has 6 heteroatoms. The van der Waals surface area contributed by atoms with Gasteiger partial charge in [0, 0.05) is 35.9 Å². The molecule has 3 rings (SSSR count). The van der Waals surface area contributed by atoms with Gasteiger partial charge < -0.3 is 5.32 Å². The van der Waals surface area contributed by atoms with E-state index in [1.165, 1.54) is 12.5 Å². The molecule has 2 aromatic rings. The highest BCUT2D eigenvalue weighted by Gasteiger charge is 2.17. The van der Waals surface area contributed by atoms with E-state index in [9.17, 15) is 9.59 Å². The summed E-state index contributed by atoms with van der Waals surface area (Å²) in [6.07, 6.45) is 1.03. The molecule has 1 saturated heterocycles. The van der Waals surface area contributed by atoms with Gasteiger partial charge in [0.25, 0.3) is 0 Å². The Morgan fingerprint density at radius 3 is 2.46 bits per heavy atom. The summed E-state index contributed by atoms with van der Waals surface area (Å²) in [4.78, 5) is 28.5.